The van der Waals surface area contributed by atoms with Crippen molar-refractivity contribution in [2.75, 3.05) is 20.3 Å². The lowest BCUT2D eigenvalue weighted by Gasteiger charge is -2.25. The van der Waals surface area contributed by atoms with E-state index in [-0.39, 0.29) is 18.7 Å². The molecular weight excluding hydrogens is 441 g/mol. The van der Waals surface area contributed by atoms with Crippen LogP contribution >= 0.6 is 19.2 Å². The molecule has 9 heteroatoms. The van der Waals surface area contributed by atoms with Crippen LogP contribution < -0.4 is 0 Å². The summed E-state index contributed by atoms with van der Waals surface area (Å²) < 4.78 is 15.1. The number of carboxylic acid groups (broad SMARTS) is 1. The van der Waals surface area contributed by atoms with Crippen molar-refractivity contribution in [3.05, 3.63) is 47.5 Å². The first kappa shape index (κ1) is 31.5. The molecule has 0 aliphatic rings. The Hall–Kier alpha value is -1.66. The minimum atomic E-state index is -3.22. The van der Waals surface area contributed by atoms with E-state index in [2.05, 4.69) is 11.1 Å². The summed E-state index contributed by atoms with van der Waals surface area (Å²) in [5, 5.41) is 9.89. The molecule has 2 N–H and O–H groups in total. The molecule has 2 unspecified atom stereocenters. The van der Waals surface area contributed by atoms with Crippen molar-refractivity contribution in [2.45, 2.75) is 53.0 Å². The predicted octanol–water partition coefficient (Wildman–Crippen LogP) is 5.26. The largest absolute Gasteiger partial charge is 0.480 e. The normalized spacial score (nSPS) is 12.9. The molecule has 0 spiro atoms. The summed E-state index contributed by atoms with van der Waals surface area (Å²) in [6, 6.07) is 6.05. The minimum absolute atomic E-state index is 0.203. The van der Waals surface area contributed by atoms with Crippen LogP contribution in [0.4, 0.5) is 0 Å². The SMILES string of the molecule is C=CCCC(=O)N(C)C(Cc1ccc(Cl)cc1)C(=O)O.CC.CC(C)COP(C)(=O)O. The van der Waals surface area contributed by atoms with Crippen molar-refractivity contribution in [1.82, 2.24) is 4.90 Å². The van der Waals surface area contributed by atoms with Crippen LogP contribution in [0.1, 0.15) is 46.1 Å². The molecule has 178 valence electrons. The summed E-state index contributed by atoms with van der Waals surface area (Å²) >= 11 is 5.79. The standard InChI is InChI=1S/C15H18ClNO3.C5H13O3P.C2H6/c1-3-4-5-14(18)17(2)13(15(19)20)10-11-6-8-12(16)9-7-11;1-5(2)4-8-9(3,6)7;1-2/h3,6-9,13H,1,4-5,10H2,2H3,(H,19,20);5H,4H2,1-3H3,(H,6,7);1-2H3. The van der Waals surface area contributed by atoms with E-state index >= 15 is 0 Å². The molecule has 0 saturated heterocycles. The maximum Gasteiger partial charge on any atom is 0.326 e. The fraction of sp³-hybridized carbons (Fsp3) is 0.545. The highest BCUT2D eigenvalue weighted by Crippen LogP contribution is 2.36. The summed E-state index contributed by atoms with van der Waals surface area (Å²) in [6.45, 7) is 12.9. The monoisotopic (exact) mass is 477 g/mol. The van der Waals surface area contributed by atoms with Crippen LogP contribution in [0, 0.1) is 5.92 Å². The summed E-state index contributed by atoms with van der Waals surface area (Å²) in [5.74, 6) is -0.911. The van der Waals surface area contributed by atoms with Crippen LogP contribution in [-0.4, -0.2) is 53.1 Å². The number of aliphatic carboxylic acids is 1. The Morgan fingerprint density at radius 1 is 1.26 bits per heavy atom. The number of nitrogens with zero attached hydrogens (tertiary/aromatic N) is 1. The van der Waals surface area contributed by atoms with E-state index in [4.69, 9.17) is 16.5 Å². The molecule has 0 aliphatic carbocycles. The third-order valence-corrected chi connectivity index (χ3v) is 4.58. The zero-order valence-corrected chi connectivity index (χ0v) is 21.0. The van der Waals surface area contributed by atoms with Crippen molar-refractivity contribution >= 4 is 31.1 Å². The number of rotatable bonds is 10. The lowest BCUT2D eigenvalue weighted by Crippen LogP contribution is -2.43. The molecule has 1 amide bonds. The van der Waals surface area contributed by atoms with Gasteiger partial charge in [0.15, 0.2) is 0 Å². The lowest BCUT2D eigenvalue weighted by atomic mass is 10.0. The number of amides is 1. The highest BCUT2D eigenvalue weighted by molar-refractivity contribution is 7.51. The van der Waals surface area contributed by atoms with Crippen LogP contribution in [0.3, 0.4) is 0 Å². The fourth-order valence-electron chi connectivity index (χ4n) is 2.10. The Bertz CT molecular complexity index is 702. The number of likely N-dealkylation sites (N-methyl/N-ethyl adjacent to an activating group) is 1. The van der Waals surface area contributed by atoms with Crippen molar-refractivity contribution in [3.8, 4) is 0 Å². The maximum absolute atomic E-state index is 11.9. The van der Waals surface area contributed by atoms with E-state index in [0.717, 1.165) is 5.56 Å². The van der Waals surface area contributed by atoms with Gasteiger partial charge in [0.05, 0.1) is 6.61 Å². The van der Waals surface area contributed by atoms with E-state index in [1.807, 2.05) is 27.7 Å². The summed E-state index contributed by atoms with van der Waals surface area (Å²) in [7, 11) is -1.71. The third kappa shape index (κ3) is 16.7. The van der Waals surface area contributed by atoms with E-state index in [1.165, 1.54) is 18.6 Å². The van der Waals surface area contributed by atoms with Gasteiger partial charge < -0.3 is 19.4 Å². The lowest BCUT2D eigenvalue weighted by molar-refractivity contribution is -0.149. The molecule has 0 saturated carbocycles. The molecule has 0 aromatic heterocycles. The zero-order chi connectivity index (χ0) is 24.6. The van der Waals surface area contributed by atoms with Gasteiger partial charge in [0.2, 0.25) is 5.91 Å². The molecule has 1 aromatic rings. The Labute approximate surface area is 191 Å². The van der Waals surface area contributed by atoms with Gasteiger partial charge >= 0.3 is 13.6 Å². The Kier molecular flexibility index (Phi) is 17.2. The molecule has 1 aromatic carbocycles. The van der Waals surface area contributed by atoms with Crippen LogP contribution in [0.25, 0.3) is 0 Å². The molecule has 0 bridgehead atoms. The number of hydrogen-bond donors (Lipinski definition) is 2. The van der Waals surface area contributed by atoms with Crippen molar-refractivity contribution in [1.29, 1.82) is 0 Å². The van der Waals surface area contributed by atoms with Crippen molar-refractivity contribution < 1.29 is 28.7 Å². The van der Waals surface area contributed by atoms with Crippen molar-refractivity contribution in [3.63, 3.8) is 0 Å². The first-order chi connectivity index (χ1) is 14.4. The van der Waals surface area contributed by atoms with Gasteiger partial charge in [0.1, 0.15) is 6.04 Å². The molecule has 0 heterocycles. The molecule has 0 fully saturated rings. The average molecular weight is 478 g/mol. The van der Waals surface area contributed by atoms with Gasteiger partial charge in [0, 0.05) is 31.6 Å². The second-order valence-corrected chi connectivity index (χ2v) is 9.31. The summed E-state index contributed by atoms with van der Waals surface area (Å²) in [5.41, 5.74) is 0.824. The first-order valence-electron chi connectivity index (χ1n) is 10.2. The van der Waals surface area contributed by atoms with Gasteiger partial charge in [-0.3, -0.25) is 9.36 Å². The Balaban J connectivity index is 0. The van der Waals surface area contributed by atoms with Crippen LogP contribution in [0.2, 0.25) is 5.02 Å². The predicted molar refractivity (Wildman–Crippen MR) is 127 cm³/mol. The van der Waals surface area contributed by atoms with Crippen LogP contribution in [0.15, 0.2) is 36.9 Å². The number of allylic oxidation sites excluding steroid dienone is 1. The van der Waals surface area contributed by atoms with Gasteiger partial charge in [-0.2, -0.15) is 0 Å². The van der Waals surface area contributed by atoms with Gasteiger partial charge in [-0.05, 0) is 30.0 Å². The molecule has 1 rings (SSSR count). The van der Waals surface area contributed by atoms with E-state index in [9.17, 15) is 19.3 Å². The van der Waals surface area contributed by atoms with Gasteiger partial charge in [-0.25, -0.2) is 4.79 Å². The quantitative estimate of drug-likeness (QED) is 0.352. The average Bonchev–Trinajstić information content (AvgIpc) is 2.70. The second-order valence-electron chi connectivity index (χ2n) is 7.01. The number of carbonyl (C=O) groups excluding carboxylic acids is 1. The fourth-order valence-corrected chi connectivity index (χ4v) is 2.80. The minimum Gasteiger partial charge on any atom is -0.480 e. The van der Waals surface area contributed by atoms with E-state index < -0.39 is 19.6 Å². The molecule has 31 heavy (non-hydrogen) atoms. The number of hydrogen-bond acceptors (Lipinski definition) is 4. The molecular formula is C22H37ClNO6P. The highest BCUT2D eigenvalue weighted by Gasteiger charge is 2.26. The number of halogens is 1. The number of carboxylic acids is 1. The molecule has 2 atom stereocenters. The smallest absolute Gasteiger partial charge is 0.326 e. The van der Waals surface area contributed by atoms with E-state index in [1.54, 1.807) is 30.3 Å². The highest BCUT2D eigenvalue weighted by atomic mass is 35.5. The van der Waals surface area contributed by atoms with E-state index in [0.29, 0.717) is 24.0 Å². The Morgan fingerprint density at radius 3 is 2.13 bits per heavy atom. The van der Waals surface area contributed by atoms with Gasteiger partial charge in [-0.1, -0.05) is 57.5 Å². The molecule has 7 nitrogen and oxygen atoms in total. The number of carbonyl (C=O) groups is 2. The summed E-state index contributed by atoms with van der Waals surface area (Å²) in [4.78, 5) is 33.1. The van der Waals surface area contributed by atoms with Gasteiger partial charge in [-0.15, -0.1) is 6.58 Å². The molecule has 0 aliphatic heterocycles. The third-order valence-electron chi connectivity index (χ3n) is 3.70. The van der Waals surface area contributed by atoms with Crippen molar-refractivity contribution in [2.24, 2.45) is 5.92 Å². The van der Waals surface area contributed by atoms with Crippen LogP contribution in [-0.2, 0) is 25.1 Å². The number of benzene rings is 1. The maximum atomic E-state index is 11.9. The second kappa shape index (κ2) is 17.0. The summed E-state index contributed by atoms with van der Waals surface area (Å²) in [6.07, 6.45) is 2.70. The Morgan fingerprint density at radius 2 is 1.77 bits per heavy atom. The molecule has 0 radical (unpaired) electrons. The first-order valence-corrected chi connectivity index (χ1v) is 12.6. The topological polar surface area (TPSA) is 104 Å². The zero-order valence-electron chi connectivity index (χ0n) is 19.4. The van der Waals surface area contributed by atoms with Gasteiger partial charge in [0.25, 0.3) is 0 Å². The van der Waals surface area contributed by atoms with Crippen LogP contribution in [0.5, 0.6) is 0 Å².